The molecule has 3 aromatic rings. The molecule has 0 unspecified atom stereocenters. The molecule has 156 valence electrons. The standard InChI is InChI=1S/C26H29NO3/c1-29-25-13-14-26(30-2)21-16-24(28)23(15-20(21)25)27-17-22(18-9-5-3-6-10-18)19-11-7-4-8-12-19/h3-14,22-24,27-28H,15-17H2,1-2H3/t23-,24-/m1/s1. The van der Waals surface area contributed by atoms with E-state index in [4.69, 9.17) is 9.47 Å². The number of rotatable bonds is 7. The van der Waals surface area contributed by atoms with E-state index in [1.54, 1.807) is 14.2 Å². The number of hydrogen-bond donors (Lipinski definition) is 2. The van der Waals surface area contributed by atoms with Crippen molar-refractivity contribution in [3.05, 3.63) is 95.1 Å². The summed E-state index contributed by atoms with van der Waals surface area (Å²) >= 11 is 0. The van der Waals surface area contributed by atoms with Crippen LogP contribution in [0.25, 0.3) is 0 Å². The van der Waals surface area contributed by atoms with Gasteiger partial charge in [-0.15, -0.1) is 0 Å². The number of aliphatic hydroxyl groups excluding tert-OH is 1. The maximum Gasteiger partial charge on any atom is 0.122 e. The lowest BCUT2D eigenvalue weighted by Crippen LogP contribution is -2.47. The Morgan fingerprint density at radius 3 is 1.80 bits per heavy atom. The van der Waals surface area contributed by atoms with Gasteiger partial charge in [-0.1, -0.05) is 60.7 Å². The van der Waals surface area contributed by atoms with Crippen LogP contribution in [0, 0.1) is 0 Å². The van der Waals surface area contributed by atoms with Crippen LogP contribution in [-0.2, 0) is 12.8 Å². The van der Waals surface area contributed by atoms with E-state index in [9.17, 15) is 5.11 Å². The number of aliphatic hydroxyl groups is 1. The monoisotopic (exact) mass is 403 g/mol. The first kappa shape index (κ1) is 20.5. The van der Waals surface area contributed by atoms with Gasteiger partial charge in [0.2, 0.25) is 0 Å². The molecule has 0 spiro atoms. The minimum Gasteiger partial charge on any atom is -0.496 e. The topological polar surface area (TPSA) is 50.7 Å². The van der Waals surface area contributed by atoms with Gasteiger partial charge < -0.3 is 19.9 Å². The summed E-state index contributed by atoms with van der Waals surface area (Å²) in [7, 11) is 3.36. The first-order valence-corrected chi connectivity index (χ1v) is 10.4. The van der Waals surface area contributed by atoms with Gasteiger partial charge in [0.25, 0.3) is 0 Å². The lowest BCUT2D eigenvalue weighted by molar-refractivity contribution is 0.117. The van der Waals surface area contributed by atoms with E-state index in [0.717, 1.165) is 29.2 Å². The summed E-state index contributed by atoms with van der Waals surface area (Å²) in [6.45, 7) is 0.747. The highest BCUT2D eigenvalue weighted by Gasteiger charge is 2.31. The van der Waals surface area contributed by atoms with Gasteiger partial charge in [-0.05, 0) is 29.7 Å². The molecule has 0 bridgehead atoms. The SMILES string of the molecule is COc1ccc(OC)c2c1C[C@@H](O)[C@H](NCC(c1ccccc1)c1ccccc1)C2. The van der Waals surface area contributed by atoms with E-state index in [1.807, 2.05) is 24.3 Å². The van der Waals surface area contributed by atoms with Crippen molar-refractivity contribution in [1.82, 2.24) is 5.32 Å². The zero-order chi connectivity index (χ0) is 20.9. The van der Waals surface area contributed by atoms with E-state index >= 15 is 0 Å². The highest BCUT2D eigenvalue weighted by Crippen LogP contribution is 2.36. The van der Waals surface area contributed by atoms with Crippen molar-refractivity contribution in [3.8, 4) is 11.5 Å². The molecule has 4 heteroatoms. The van der Waals surface area contributed by atoms with Crippen molar-refractivity contribution >= 4 is 0 Å². The van der Waals surface area contributed by atoms with E-state index in [1.165, 1.54) is 11.1 Å². The second kappa shape index (κ2) is 9.33. The molecule has 0 heterocycles. The predicted molar refractivity (Wildman–Crippen MR) is 119 cm³/mol. The van der Waals surface area contributed by atoms with Crippen LogP contribution >= 0.6 is 0 Å². The summed E-state index contributed by atoms with van der Waals surface area (Å²) in [4.78, 5) is 0. The molecule has 4 nitrogen and oxygen atoms in total. The van der Waals surface area contributed by atoms with Gasteiger partial charge in [0.15, 0.2) is 0 Å². The lowest BCUT2D eigenvalue weighted by Gasteiger charge is -2.33. The van der Waals surface area contributed by atoms with Crippen molar-refractivity contribution in [2.75, 3.05) is 20.8 Å². The van der Waals surface area contributed by atoms with E-state index in [0.29, 0.717) is 12.8 Å². The second-order valence-electron chi connectivity index (χ2n) is 7.79. The predicted octanol–water partition coefficient (Wildman–Crippen LogP) is 3.95. The summed E-state index contributed by atoms with van der Waals surface area (Å²) in [6, 6.07) is 24.9. The zero-order valence-electron chi connectivity index (χ0n) is 17.5. The molecular formula is C26H29NO3. The van der Waals surface area contributed by atoms with Crippen LogP contribution in [0.1, 0.15) is 28.2 Å². The molecule has 1 aliphatic rings. The number of methoxy groups -OCH3 is 2. The highest BCUT2D eigenvalue weighted by atomic mass is 16.5. The largest absolute Gasteiger partial charge is 0.496 e. The first-order valence-electron chi connectivity index (χ1n) is 10.4. The number of hydrogen-bond acceptors (Lipinski definition) is 4. The summed E-state index contributed by atoms with van der Waals surface area (Å²) < 4.78 is 11.1. The number of benzene rings is 3. The molecule has 2 atom stereocenters. The zero-order valence-corrected chi connectivity index (χ0v) is 17.5. The van der Waals surface area contributed by atoms with Crippen molar-refractivity contribution in [2.24, 2.45) is 0 Å². The van der Waals surface area contributed by atoms with Crippen LogP contribution < -0.4 is 14.8 Å². The van der Waals surface area contributed by atoms with Gasteiger partial charge in [0.05, 0.1) is 20.3 Å². The summed E-state index contributed by atoms with van der Waals surface area (Å²) in [6.07, 6.45) is 0.771. The van der Waals surface area contributed by atoms with Crippen LogP contribution in [-0.4, -0.2) is 38.0 Å². The van der Waals surface area contributed by atoms with Gasteiger partial charge in [-0.25, -0.2) is 0 Å². The molecule has 0 saturated carbocycles. The third-order valence-electron chi connectivity index (χ3n) is 6.07. The maximum absolute atomic E-state index is 10.9. The Balaban J connectivity index is 1.57. The molecule has 4 rings (SSSR count). The van der Waals surface area contributed by atoms with Crippen LogP contribution in [0.2, 0.25) is 0 Å². The molecule has 2 N–H and O–H groups in total. The summed E-state index contributed by atoms with van der Waals surface area (Å²) in [5.74, 6) is 1.88. The van der Waals surface area contributed by atoms with E-state index in [-0.39, 0.29) is 12.0 Å². The Labute approximate surface area is 178 Å². The molecule has 0 aliphatic heterocycles. The Morgan fingerprint density at radius 2 is 1.30 bits per heavy atom. The Bertz CT molecular complexity index is 919. The average Bonchev–Trinajstić information content (AvgIpc) is 2.80. The summed E-state index contributed by atoms with van der Waals surface area (Å²) in [5.41, 5.74) is 4.70. The van der Waals surface area contributed by atoms with Gasteiger partial charge in [0, 0.05) is 36.1 Å². The molecule has 1 aliphatic carbocycles. The molecule has 30 heavy (non-hydrogen) atoms. The first-order chi connectivity index (χ1) is 14.7. The minimum absolute atomic E-state index is 0.0477. The average molecular weight is 404 g/mol. The molecule has 0 amide bonds. The van der Waals surface area contributed by atoms with Crippen molar-refractivity contribution in [3.63, 3.8) is 0 Å². The molecular weight excluding hydrogens is 374 g/mol. The van der Waals surface area contributed by atoms with Crippen LogP contribution in [0.3, 0.4) is 0 Å². The third-order valence-corrected chi connectivity index (χ3v) is 6.07. The van der Waals surface area contributed by atoms with Crippen LogP contribution in [0.5, 0.6) is 11.5 Å². The lowest BCUT2D eigenvalue weighted by atomic mass is 9.84. The number of ether oxygens (including phenoxy) is 2. The van der Waals surface area contributed by atoms with Crippen molar-refractivity contribution in [1.29, 1.82) is 0 Å². The minimum atomic E-state index is -0.481. The summed E-state index contributed by atoms with van der Waals surface area (Å²) in [5, 5.41) is 14.5. The fourth-order valence-corrected chi connectivity index (χ4v) is 4.46. The quantitative estimate of drug-likeness (QED) is 0.627. The Morgan fingerprint density at radius 1 is 0.800 bits per heavy atom. The van der Waals surface area contributed by atoms with E-state index in [2.05, 4.69) is 53.8 Å². The number of fused-ring (bicyclic) bond motifs is 1. The third kappa shape index (κ3) is 4.20. The number of nitrogens with one attached hydrogen (secondary N) is 1. The maximum atomic E-state index is 10.9. The van der Waals surface area contributed by atoms with Crippen molar-refractivity contribution in [2.45, 2.75) is 30.9 Å². The van der Waals surface area contributed by atoms with Gasteiger partial charge in [-0.2, -0.15) is 0 Å². The van der Waals surface area contributed by atoms with Gasteiger partial charge in [-0.3, -0.25) is 0 Å². The highest BCUT2D eigenvalue weighted by molar-refractivity contribution is 5.51. The fourth-order valence-electron chi connectivity index (χ4n) is 4.46. The Hall–Kier alpha value is -2.82. The van der Waals surface area contributed by atoms with Gasteiger partial charge in [0.1, 0.15) is 11.5 Å². The smallest absolute Gasteiger partial charge is 0.122 e. The van der Waals surface area contributed by atoms with Crippen LogP contribution in [0.15, 0.2) is 72.8 Å². The van der Waals surface area contributed by atoms with E-state index < -0.39 is 6.10 Å². The molecule has 0 aromatic heterocycles. The fraction of sp³-hybridized carbons (Fsp3) is 0.308. The molecule has 0 radical (unpaired) electrons. The van der Waals surface area contributed by atoms with Crippen molar-refractivity contribution < 1.29 is 14.6 Å². The molecule has 0 fully saturated rings. The Kier molecular flexibility index (Phi) is 6.36. The molecule has 0 saturated heterocycles. The second-order valence-corrected chi connectivity index (χ2v) is 7.79. The molecule has 3 aromatic carbocycles. The normalized spacial score (nSPS) is 18.1. The van der Waals surface area contributed by atoms with Gasteiger partial charge >= 0.3 is 0 Å². The van der Waals surface area contributed by atoms with Crippen LogP contribution in [0.4, 0.5) is 0 Å².